The molecule has 1 N–H and O–H groups in total. The van der Waals surface area contributed by atoms with Crippen LogP contribution in [0.25, 0.3) is 0 Å². The molecule has 0 atom stereocenters. The first-order valence-electron chi connectivity index (χ1n) is 7.12. The Morgan fingerprint density at radius 2 is 2.10 bits per heavy atom. The molecule has 1 fully saturated rings. The van der Waals surface area contributed by atoms with E-state index in [0.29, 0.717) is 16.7 Å². The van der Waals surface area contributed by atoms with Gasteiger partial charge in [-0.2, -0.15) is 4.31 Å². The van der Waals surface area contributed by atoms with Crippen molar-refractivity contribution in [3.05, 3.63) is 16.5 Å². The molecule has 20 heavy (non-hydrogen) atoms. The molecule has 0 spiro atoms. The van der Waals surface area contributed by atoms with E-state index in [4.69, 9.17) is 0 Å². The average Bonchev–Trinajstić information content (AvgIpc) is 3.10. The summed E-state index contributed by atoms with van der Waals surface area (Å²) in [6.07, 6.45) is 2.32. The van der Waals surface area contributed by atoms with Crippen LogP contribution in [0.2, 0.25) is 0 Å². The average molecular weight is 316 g/mol. The minimum atomic E-state index is -3.35. The van der Waals surface area contributed by atoms with E-state index in [1.807, 2.05) is 33.9 Å². The van der Waals surface area contributed by atoms with Gasteiger partial charge in [0.2, 0.25) is 0 Å². The van der Waals surface area contributed by atoms with Gasteiger partial charge in [-0.1, -0.05) is 0 Å². The Morgan fingerprint density at radius 3 is 2.60 bits per heavy atom. The van der Waals surface area contributed by atoms with Crippen LogP contribution in [-0.2, 0) is 16.6 Å². The van der Waals surface area contributed by atoms with Gasteiger partial charge in [-0.05, 0) is 58.2 Å². The highest BCUT2D eigenvalue weighted by Crippen LogP contribution is 2.34. The van der Waals surface area contributed by atoms with Crippen LogP contribution in [0.5, 0.6) is 0 Å². The van der Waals surface area contributed by atoms with Crippen molar-refractivity contribution in [1.29, 1.82) is 0 Å². The van der Waals surface area contributed by atoms with Crippen molar-refractivity contribution >= 4 is 21.4 Å². The summed E-state index contributed by atoms with van der Waals surface area (Å²) in [7, 11) is -1.48. The monoisotopic (exact) mass is 316 g/mol. The predicted octanol–water partition coefficient (Wildman–Crippen LogP) is 2.59. The Hall–Kier alpha value is -0.430. The lowest BCUT2D eigenvalue weighted by molar-refractivity contribution is 0.342. The van der Waals surface area contributed by atoms with E-state index in [2.05, 4.69) is 5.32 Å². The molecule has 2 rings (SSSR count). The van der Waals surface area contributed by atoms with Crippen LogP contribution in [0.3, 0.4) is 0 Å². The van der Waals surface area contributed by atoms with E-state index in [-0.39, 0.29) is 6.04 Å². The zero-order valence-corrected chi connectivity index (χ0v) is 14.3. The number of aryl methyl sites for hydroxylation is 1. The summed E-state index contributed by atoms with van der Waals surface area (Å²) in [5.74, 6) is 0.560. The fraction of sp³-hybridized carbons (Fsp3) is 0.714. The van der Waals surface area contributed by atoms with E-state index in [1.54, 1.807) is 4.31 Å². The third-order valence-electron chi connectivity index (χ3n) is 3.61. The van der Waals surface area contributed by atoms with Crippen LogP contribution in [0, 0.1) is 12.8 Å². The first-order chi connectivity index (χ1) is 9.36. The summed E-state index contributed by atoms with van der Waals surface area (Å²) >= 11 is 1.39. The van der Waals surface area contributed by atoms with Crippen molar-refractivity contribution in [1.82, 2.24) is 9.62 Å². The van der Waals surface area contributed by atoms with Crippen molar-refractivity contribution in [3.63, 3.8) is 0 Å². The zero-order valence-electron chi connectivity index (χ0n) is 12.6. The van der Waals surface area contributed by atoms with Crippen LogP contribution in [0.1, 0.15) is 37.1 Å². The van der Waals surface area contributed by atoms with Crippen LogP contribution in [-0.4, -0.2) is 32.4 Å². The number of nitrogens with one attached hydrogen (secondary N) is 1. The summed E-state index contributed by atoms with van der Waals surface area (Å²) in [5, 5.41) is 3.09. The molecule has 0 aliphatic heterocycles. The predicted molar refractivity (Wildman–Crippen MR) is 83.6 cm³/mol. The lowest BCUT2D eigenvalue weighted by Gasteiger charge is -2.25. The highest BCUT2D eigenvalue weighted by atomic mass is 32.2. The van der Waals surface area contributed by atoms with Crippen molar-refractivity contribution in [2.75, 3.05) is 13.6 Å². The third kappa shape index (κ3) is 3.42. The van der Waals surface area contributed by atoms with E-state index in [9.17, 15) is 8.42 Å². The number of hydrogen-bond donors (Lipinski definition) is 1. The number of rotatable bonds is 7. The van der Waals surface area contributed by atoms with Crippen LogP contribution >= 0.6 is 11.3 Å². The van der Waals surface area contributed by atoms with Gasteiger partial charge in [0.05, 0.1) is 0 Å². The second-order valence-corrected chi connectivity index (χ2v) is 9.07. The molecule has 1 aromatic heterocycles. The van der Waals surface area contributed by atoms with E-state index in [1.165, 1.54) is 11.3 Å². The maximum atomic E-state index is 12.8. The van der Waals surface area contributed by atoms with Crippen molar-refractivity contribution in [2.24, 2.45) is 5.92 Å². The number of sulfonamides is 1. The van der Waals surface area contributed by atoms with Gasteiger partial charge in [-0.3, -0.25) is 0 Å². The molecular formula is C14H24N2O2S2. The topological polar surface area (TPSA) is 49.4 Å². The molecule has 1 aromatic rings. The number of nitrogens with zero attached hydrogens (tertiary/aromatic N) is 1. The highest BCUT2D eigenvalue weighted by Gasteiger charge is 2.34. The Kier molecular flexibility index (Phi) is 4.89. The van der Waals surface area contributed by atoms with Gasteiger partial charge < -0.3 is 5.32 Å². The summed E-state index contributed by atoms with van der Waals surface area (Å²) in [4.78, 5) is 1.10. The summed E-state index contributed by atoms with van der Waals surface area (Å²) in [5.41, 5.74) is 1.05. The second-order valence-electron chi connectivity index (χ2n) is 5.81. The molecule has 114 valence electrons. The van der Waals surface area contributed by atoms with E-state index in [0.717, 1.165) is 29.8 Å². The molecule has 0 aromatic carbocycles. The van der Waals surface area contributed by atoms with Gasteiger partial charge in [-0.15, -0.1) is 11.3 Å². The normalized spacial score (nSPS) is 16.3. The smallest absolute Gasteiger partial charge is 0.252 e. The lowest BCUT2D eigenvalue weighted by Crippen LogP contribution is -2.38. The fourth-order valence-electron chi connectivity index (χ4n) is 2.21. The Bertz CT molecular complexity index is 560. The van der Waals surface area contributed by atoms with Crippen molar-refractivity contribution in [2.45, 2.75) is 50.4 Å². The lowest BCUT2D eigenvalue weighted by atomic mass is 10.3. The Morgan fingerprint density at radius 1 is 1.45 bits per heavy atom. The molecule has 0 saturated heterocycles. The van der Waals surface area contributed by atoms with Crippen LogP contribution in [0.4, 0.5) is 0 Å². The molecule has 1 saturated carbocycles. The molecule has 0 radical (unpaired) electrons. The van der Waals surface area contributed by atoms with E-state index >= 15 is 0 Å². The van der Waals surface area contributed by atoms with Gasteiger partial charge in [0, 0.05) is 24.0 Å². The van der Waals surface area contributed by atoms with Crippen molar-refractivity contribution < 1.29 is 8.42 Å². The molecule has 6 heteroatoms. The molecule has 0 bridgehead atoms. The van der Waals surface area contributed by atoms with Crippen LogP contribution in [0.15, 0.2) is 10.3 Å². The standard InChI is InChI=1S/C14H24N2O2S2/c1-10(2)16(9-12-5-6-12)20(17,18)14-7-11(3)13(19-14)8-15-4/h7,10,12,15H,5-6,8-9H2,1-4H3. The highest BCUT2D eigenvalue weighted by molar-refractivity contribution is 7.91. The number of hydrogen-bond acceptors (Lipinski definition) is 4. The minimum Gasteiger partial charge on any atom is -0.315 e. The molecule has 4 nitrogen and oxygen atoms in total. The van der Waals surface area contributed by atoms with Gasteiger partial charge in [0.15, 0.2) is 0 Å². The van der Waals surface area contributed by atoms with Gasteiger partial charge in [-0.25, -0.2) is 8.42 Å². The fourth-order valence-corrected chi connectivity index (χ4v) is 5.65. The van der Waals surface area contributed by atoms with Gasteiger partial charge in [0.1, 0.15) is 4.21 Å². The maximum Gasteiger partial charge on any atom is 0.252 e. The Balaban J connectivity index is 2.28. The summed E-state index contributed by atoms with van der Waals surface area (Å²) in [6.45, 7) is 7.27. The molecule has 0 unspecified atom stereocenters. The van der Waals surface area contributed by atoms with Gasteiger partial charge >= 0.3 is 0 Å². The molecule has 1 aliphatic carbocycles. The first kappa shape index (κ1) is 15.9. The second kappa shape index (κ2) is 6.13. The maximum absolute atomic E-state index is 12.8. The van der Waals surface area contributed by atoms with Gasteiger partial charge in [0.25, 0.3) is 10.0 Å². The molecule has 1 aliphatic rings. The first-order valence-corrected chi connectivity index (χ1v) is 9.37. The molecule has 0 amide bonds. The Labute approximate surface area is 126 Å². The quantitative estimate of drug-likeness (QED) is 0.841. The molecular weight excluding hydrogens is 292 g/mol. The zero-order chi connectivity index (χ0) is 14.9. The third-order valence-corrected chi connectivity index (χ3v) is 7.34. The van der Waals surface area contributed by atoms with Crippen molar-refractivity contribution in [3.8, 4) is 0 Å². The minimum absolute atomic E-state index is 0.00996. The SMILES string of the molecule is CNCc1sc(S(=O)(=O)N(CC2CC2)C(C)C)cc1C. The van der Waals surface area contributed by atoms with Crippen LogP contribution < -0.4 is 5.32 Å². The summed E-state index contributed by atoms with van der Waals surface area (Å²) < 4.78 is 27.8. The molecule has 1 heterocycles. The largest absolute Gasteiger partial charge is 0.315 e. The summed E-state index contributed by atoms with van der Waals surface area (Å²) in [6, 6.07) is 1.82. The number of thiophene rings is 1. The van der Waals surface area contributed by atoms with E-state index < -0.39 is 10.0 Å².